The third kappa shape index (κ3) is 5.57. The molecule has 8 nitrogen and oxygen atoms in total. The maximum Gasteiger partial charge on any atom is 0.270 e. The van der Waals surface area contributed by atoms with Crippen LogP contribution in [0.15, 0.2) is 40.7 Å². The van der Waals surface area contributed by atoms with Crippen LogP contribution in [-0.2, 0) is 10.0 Å². The number of hydrogen-bond acceptors (Lipinski definition) is 7. The number of halogens is 2. The first-order valence-electron chi connectivity index (χ1n) is 9.41. The molecule has 2 aromatic carbocycles. The van der Waals surface area contributed by atoms with E-state index in [1.807, 2.05) is 26.0 Å². The zero-order valence-corrected chi connectivity index (χ0v) is 20.5. The van der Waals surface area contributed by atoms with Crippen molar-refractivity contribution in [1.82, 2.24) is 14.9 Å². The molecule has 3 rings (SSSR count). The van der Waals surface area contributed by atoms with E-state index >= 15 is 0 Å². The molecule has 0 saturated heterocycles. The molecule has 0 radical (unpaired) electrons. The molecule has 32 heavy (non-hydrogen) atoms. The normalized spacial score (nSPS) is 12.4. The molecule has 12 heteroatoms. The molecule has 1 heterocycles. The van der Waals surface area contributed by atoms with E-state index in [4.69, 9.17) is 27.9 Å². The maximum absolute atomic E-state index is 12.9. The summed E-state index contributed by atoms with van der Waals surface area (Å²) in [6.07, 6.45) is 0.516. The first-order valence-corrected chi connectivity index (χ1v) is 12.5. The highest BCUT2D eigenvalue weighted by Gasteiger charge is 2.25. The van der Waals surface area contributed by atoms with E-state index in [-0.39, 0.29) is 20.1 Å². The monoisotopic (exact) mass is 514 g/mol. The zero-order chi connectivity index (χ0) is 23.5. The Morgan fingerprint density at radius 1 is 1.19 bits per heavy atom. The van der Waals surface area contributed by atoms with Gasteiger partial charge in [-0.1, -0.05) is 53.6 Å². The van der Waals surface area contributed by atoms with Gasteiger partial charge in [-0.25, -0.2) is 13.1 Å². The highest BCUT2D eigenvalue weighted by Crippen LogP contribution is 2.28. The van der Waals surface area contributed by atoms with E-state index < -0.39 is 22.0 Å². The van der Waals surface area contributed by atoms with Crippen molar-refractivity contribution in [2.75, 3.05) is 12.4 Å². The number of rotatable bonds is 8. The van der Waals surface area contributed by atoms with Crippen molar-refractivity contribution in [2.24, 2.45) is 0 Å². The van der Waals surface area contributed by atoms with Crippen LogP contribution in [0.1, 0.15) is 40.9 Å². The largest absolute Gasteiger partial charge is 0.496 e. The Balaban J connectivity index is 1.76. The van der Waals surface area contributed by atoms with Crippen molar-refractivity contribution in [3.05, 3.63) is 63.1 Å². The van der Waals surface area contributed by atoms with Crippen LogP contribution in [0.5, 0.6) is 5.75 Å². The Bertz CT molecular complexity index is 1250. The highest BCUT2D eigenvalue weighted by molar-refractivity contribution is 7.91. The second kappa shape index (κ2) is 10.1. The van der Waals surface area contributed by atoms with E-state index in [2.05, 4.69) is 20.2 Å². The van der Waals surface area contributed by atoms with Gasteiger partial charge in [-0.3, -0.25) is 10.1 Å². The van der Waals surface area contributed by atoms with Gasteiger partial charge in [0.2, 0.25) is 9.47 Å². The number of nitrogens with zero attached hydrogens (tertiary/aromatic N) is 2. The maximum atomic E-state index is 12.9. The van der Waals surface area contributed by atoms with Crippen molar-refractivity contribution >= 4 is 55.6 Å². The Morgan fingerprint density at radius 3 is 2.56 bits per heavy atom. The molecule has 2 N–H and O–H groups in total. The number of carbonyl (C=O) groups excluding carboxylic acids is 1. The van der Waals surface area contributed by atoms with Gasteiger partial charge in [0.05, 0.1) is 17.7 Å². The van der Waals surface area contributed by atoms with Gasteiger partial charge in [-0.15, -0.1) is 10.2 Å². The number of amides is 1. The van der Waals surface area contributed by atoms with Crippen LogP contribution in [0.2, 0.25) is 10.0 Å². The smallest absolute Gasteiger partial charge is 0.270 e. The molecule has 0 fully saturated rings. The molecule has 170 valence electrons. The summed E-state index contributed by atoms with van der Waals surface area (Å²) in [5.74, 6) is 0.164. The van der Waals surface area contributed by atoms with Gasteiger partial charge in [0, 0.05) is 11.1 Å². The summed E-state index contributed by atoms with van der Waals surface area (Å²) in [7, 11) is -2.39. The Hall–Kier alpha value is -2.24. The van der Waals surface area contributed by atoms with Gasteiger partial charge in [0.1, 0.15) is 5.75 Å². The van der Waals surface area contributed by atoms with Crippen LogP contribution in [0, 0.1) is 6.92 Å². The van der Waals surface area contributed by atoms with Crippen molar-refractivity contribution in [3.8, 4) is 5.75 Å². The van der Waals surface area contributed by atoms with Crippen LogP contribution in [0.25, 0.3) is 0 Å². The Morgan fingerprint density at radius 2 is 1.94 bits per heavy atom. The lowest BCUT2D eigenvalue weighted by atomic mass is 10.0. The Labute approximate surface area is 200 Å². The number of anilines is 1. The van der Waals surface area contributed by atoms with Crippen LogP contribution in [0.4, 0.5) is 5.13 Å². The molecule has 0 spiro atoms. The fourth-order valence-corrected chi connectivity index (χ4v) is 5.66. The number of sulfonamides is 1. The van der Waals surface area contributed by atoms with Gasteiger partial charge in [0.25, 0.3) is 15.9 Å². The highest BCUT2D eigenvalue weighted by atomic mass is 35.5. The third-order valence-electron chi connectivity index (χ3n) is 4.56. The summed E-state index contributed by atoms with van der Waals surface area (Å²) in [6.45, 7) is 3.75. The number of carbonyl (C=O) groups is 1. The third-order valence-corrected chi connectivity index (χ3v) is 7.79. The summed E-state index contributed by atoms with van der Waals surface area (Å²) in [4.78, 5) is 12.4. The lowest BCUT2D eigenvalue weighted by Crippen LogP contribution is -2.28. The van der Waals surface area contributed by atoms with Crippen molar-refractivity contribution < 1.29 is 17.9 Å². The van der Waals surface area contributed by atoms with E-state index in [1.54, 1.807) is 13.2 Å². The molecule has 3 aromatic rings. The lowest BCUT2D eigenvalue weighted by Gasteiger charge is -2.17. The van der Waals surface area contributed by atoms with Gasteiger partial charge in [-0.2, -0.15) is 0 Å². The summed E-state index contributed by atoms with van der Waals surface area (Å²) >= 11 is 12.6. The van der Waals surface area contributed by atoms with Crippen molar-refractivity contribution in [3.63, 3.8) is 0 Å². The quantitative estimate of drug-likeness (QED) is 0.416. The molecule has 0 aliphatic heterocycles. The van der Waals surface area contributed by atoms with Crippen LogP contribution >= 0.6 is 34.5 Å². The van der Waals surface area contributed by atoms with Gasteiger partial charge in [-0.05, 0) is 48.7 Å². The number of hydrogen-bond donors (Lipinski definition) is 2. The minimum absolute atomic E-state index is 0.0229. The molecular formula is C20H20Cl2N4O4S2. The second-order valence-electron chi connectivity index (χ2n) is 6.76. The van der Waals surface area contributed by atoms with Gasteiger partial charge in [0.15, 0.2) is 0 Å². The molecular weight excluding hydrogens is 495 g/mol. The van der Waals surface area contributed by atoms with Crippen molar-refractivity contribution in [2.45, 2.75) is 30.6 Å². The average molecular weight is 515 g/mol. The Kier molecular flexibility index (Phi) is 7.73. The van der Waals surface area contributed by atoms with Gasteiger partial charge < -0.3 is 4.74 Å². The molecule has 0 aliphatic rings. The van der Waals surface area contributed by atoms with Crippen LogP contribution < -0.4 is 14.8 Å². The molecule has 1 atom stereocenters. The second-order valence-corrected chi connectivity index (χ2v) is 10.5. The number of aromatic nitrogens is 2. The summed E-state index contributed by atoms with van der Waals surface area (Å²) in [6, 6.07) is 9.42. The first kappa shape index (κ1) is 24.4. The van der Waals surface area contributed by atoms with Gasteiger partial charge >= 0.3 is 0 Å². The molecule has 1 aromatic heterocycles. The minimum Gasteiger partial charge on any atom is -0.496 e. The summed E-state index contributed by atoms with van der Waals surface area (Å²) in [5.41, 5.74) is 1.86. The number of nitrogens with one attached hydrogen (secondary N) is 2. The van der Waals surface area contributed by atoms with E-state index in [0.717, 1.165) is 28.2 Å². The minimum atomic E-state index is -3.97. The van der Waals surface area contributed by atoms with E-state index in [0.29, 0.717) is 11.4 Å². The summed E-state index contributed by atoms with van der Waals surface area (Å²) in [5, 5.41) is 10.6. The van der Waals surface area contributed by atoms with E-state index in [9.17, 15) is 13.2 Å². The molecule has 0 saturated carbocycles. The predicted octanol–water partition coefficient (Wildman–Crippen LogP) is 4.84. The fraction of sp³-hybridized carbons (Fsp3) is 0.250. The molecule has 0 unspecified atom stereocenters. The average Bonchev–Trinajstić information content (AvgIpc) is 3.21. The van der Waals surface area contributed by atoms with Crippen LogP contribution in [0.3, 0.4) is 0 Å². The molecule has 1 amide bonds. The predicted molar refractivity (Wildman–Crippen MR) is 125 cm³/mol. The fourth-order valence-electron chi connectivity index (χ4n) is 2.95. The van der Waals surface area contributed by atoms with Crippen LogP contribution in [-0.4, -0.2) is 31.6 Å². The first-order chi connectivity index (χ1) is 15.1. The number of ether oxygens (including phenoxy) is 1. The SMILES string of the molecule is CC[C@H](NS(=O)(=O)c1nnc(NC(=O)c2ccc(Cl)cc2Cl)s1)c1ccc(OC)c(C)c1. The summed E-state index contributed by atoms with van der Waals surface area (Å²) < 4.78 is 33.4. The van der Waals surface area contributed by atoms with Crippen molar-refractivity contribution in [1.29, 1.82) is 0 Å². The number of aryl methyl sites for hydroxylation is 1. The lowest BCUT2D eigenvalue weighted by molar-refractivity contribution is 0.102. The van der Waals surface area contributed by atoms with E-state index in [1.165, 1.54) is 18.2 Å². The standard InChI is InChI=1S/C20H20Cl2N4O4S2/c1-4-16(12-5-8-17(30-3)11(2)9-12)26-32(28,29)20-25-24-19(31-20)23-18(27)14-7-6-13(21)10-15(14)22/h5-10,16,26H,4H2,1-3H3,(H,23,24,27)/t16-/m0/s1. The molecule has 0 bridgehead atoms. The molecule has 0 aliphatic carbocycles. The number of benzene rings is 2. The zero-order valence-electron chi connectivity index (χ0n) is 17.3. The number of methoxy groups -OCH3 is 1. The topological polar surface area (TPSA) is 110 Å².